The zero-order valence-electron chi connectivity index (χ0n) is 13.9. The molecular formula is C18H35NO. The third-order valence-electron chi connectivity index (χ3n) is 5.83. The molecule has 2 nitrogen and oxygen atoms in total. The van der Waals surface area contributed by atoms with Gasteiger partial charge in [0.05, 0.1) is 5.60 Å². The van der Waals surface area contributed by atoms with E-state index in [0.29, 0.717) is 6.04 Å². The molecule has 0 amide bonds. The summed E-state index contributed by atoms with van der Waals surface area (Å²) in [5.74, 6) is 1.81. The summed E-state index contributed by atoms with van der Waals surface area (Å²) in [7, 11) is 2.15. The van der Waals surface area contributed by atoms with Crippen LogP contribution in [0.3, 0.4) is 0 Å². The SMILES string of the molecule is CCOC1(C(CC2CCCCC2)NC)CCC(C)CC1. The Morgan fingerprint density at radius 2 is 1.75 bits per heavy atom. The summed E-state index contributed by atoms with van der Waals surface area (Å²) < 4.78 is 6.35. The minimum Gasteiger partial charge on any atom is -0.374 e. The van der Waals surface area contributed by atoms with Crippen LogP contribution in [0, 0.1) is 11.8 Å². The molecule has 1 unspecified atom stereocenters. The lowest BCUT2D eigenvalue weighted by Gasteiger charge is -2.46. The molecule has 1 atom stereocenters. The molecule has 0 bridgehead atoms. The van der Waals surface area contributed by atoms with Gasteiger partial charge in [0.2, 0.25) is 0 Å². The maximum absolute atomic E-state index is 6.35. The second kappa shape index (κ2) is 7.79. The molecule has 118 valence electrons. The molecule has 0 spiro atoms. The van der Waals surface area contributed by atoms with E-state index in [2.05, 4.69) is 26.2 Å². The molecule has 1 N–H and O–H groups in total. The maximum atomic E-state index is 6.35. The zero-order chi connectivity index (χ0) is 14.4. The summed E-state index contributed by atoms with van der Waals surface area (Å²) in [6.45, 7) is 5.41. The number of ether oxygens (including phenoxy) is 1. The van der Waals surface area contributed by atoms with E-state index in [9.17, 15) is 0 Å². The van der Waals surface area contributed by atoms with Crippen LogP contribution in [0.25, 0.3) is 0 Å². The van der Waals surface area contributed by atoms with Crippen molar-refractivity contribution in [1.82, 2.24) is 5.32 Å². The molecule has 2 fully saturated rings. The molecule has 0 radical (unpaired) electrons. The molecular weight excluding hydrogens is 246 g/mol. The summed E-state index contributed by atoms with van der Waals surface area (Å²) in [5.41, 5.74) is 0.119. The molecule has 0 aromatic rings. The minimum absolute atomic E-state index is 0.119. The third-order valence-corrected chi connectivity index (χ3v) is 5.83. The Balaban J connectivity index is 2.00. The van der Waals surface area contributed by atoms with Gasteiger partial charge in [0, 0.05) is 12.6 Å². The first kappa shape index (κ1) is 16.3. The lowest BCUT2D eigenvalue weighted by molar-refractivity contribution is -0.0997. The van der Waals surface area contributed by atoms with E-state index >= 15 is 0 Å². The van der Waals surface area contributed by atoms with E-state index in [1.165, 1.54) is 64.2 Å². The van der Waals surface area contributed by atoms with Gasteiger partial charge in [0.1, 0.15) is 0 Å². The summed E-state index contributed by atoms with van der Waals surface area (Å²) in [6.07, 6.45) is 13.7. The van der Waals surface area contributed by atoms with Crippen molar-refractivity contribution in [3.05, 3.63) is 0 Å². The van der Waals surface area contributed by atoms with Crippen molar-refractivity contribution in [3.63, 3.8) is 0 Å². The van der Waals surface area contributed by atoms with Gasteiger partial charge in [-0.15, -0.1) is 0 Å². The highest BCUT2D eigenvalue weighted by atomic mass is 16.5. The summed E-state index contributed by atoms with van der Waals surface area (Å²) in [5, 5.41) is 3.63. The summed E-state index contributed by atoms with van der Waals surface area (Å²) in [4.78, 5) is 0. The van der Waals surface area contributed by atoms with Crippen LogP contribution in [-0.4, -0.2) is 25.3 Å². The van der Waals surface area contributed by atoms with Gasteiger partial charge >= 0.3 is 0 Å². The van der Waals surface area contributed by atoms with Gasteiger partial charge in [0.15, 0.2) is 0 Å². The Morgan fingerprint density at radius 3 is 2.30 bits per heavy atom. The lowest BCUT2D eigenvalue weighted by atomic mass is 9.71. The fourth-order valence-electron chi connectivity index (χ4n) is 4.48. The Hall–Kier alpha value is -0.0800. The van der Waals surface area contributed by atoms with E-state index in [-0.39, 0.29) is 5.60 Å². The van der Waals surface area contributed by atoms with Crippen LogP contribution >= 0.6 is 0 Å². The second-order valence-electron chi connectivity index (χ2n) is 7.26. The molecule has 2 aliphatic rings. The first-order chi connectivity index (χ1) is 9.70. The number of rotatable bonds is 6. The predicted molar refractivity (Wildman–Crippen MR) is 86.0 cm³/mol. The van der Waals surface area contributed by atoms with Crippen molar-refractivity contribution in [2.24, 2.45) is 11.8 Å². The van der Waals surface area contributed by atoms with Crippen molar-refractivity contribution in [2.75, 3.05) is 13.7 Å². The van der Waals surface area contributed by atoms with Gasteiger partial charge in [0.25, 0.3) is 0 Å². The largest absolute Gasteiger partial charge is 0.374 e. The highest BCUT2D eigenvalue weighted by Gasteiger charge is 2.42. The maximum Gasteiger partial charge on any atom is 0.0834 e. The number of hydrogen-bond acceptors (Lipinski definition) is 2. The fraction of sp³-hybridized carbons (Fsp3) is 1.00. The molecule has 0 aromatic heterocycles. The number of nitrogens with one attached hydrogen (secondary N) is 1. The van der Waals surface area contributed by atoms with Crippen molar-refractivity contribution in [1.29, 1.82) is 0 Å². The van der Waals surface area contributed by atoms with Crippen LogP contribution in [0.2, 0.25) is 0 Å². The van der Waals surface area contributed by atoms with E-state index in [1.54, 1.807) is 0 Å². The van der Waals surface area contributed by atoms with E-state index < -0.39 is 0 Å². The average Bonchev–Trinajstić information content (AvgIpc) is 2.49. The molecule has 0 aromatic carbocycles. The Bertz CT molecular complexity index is 265. The van der Waals surface area contributed by atoms with Crippen LogP contribution in [0.15, 0.2) is 0 Å². The van der Waals surface area contributed by atoms with E-state index in [4.69, 9.17) is 4.74 Å². The standard InChI is InChI=1S/C18H35NO/c1-4-20-18(12-10-15(2)11-13-18)17(19-3)14-16-8-6-5-7-9-16/h15-17,19H,4-14H2,1-3H3. The van der Waals surface area contributed by atoms with Gasteiger partial charge in [-0.25, -0.2) is 0 Å². The second-order valence-corrected chi connectivity index (χ2v) is 7.26. The molecule has 20 heavy (non-hydrogen) atoms. The zero-order valence-corrected chi connectivity index (χ0v) is 13.9. The monoisotopic (exact) mass is 281 g/mol. The minimum atomic E-state index is 0.119. The van der Waals surface area contributed by atoms with Crippen LogP contribution in [0.5, 0.6) is 0 Å². The van der Waals surface area contributed by atoms with E-state index in [1.807, 2.05) is 0 Å². The number of likely N-dealkylation sites (N-methyl/N-ethyl adjacent to an activating group) is 1. The van der Waals surface area contributed by atoms with Crippen LogP contribution in [0.1, 0.15) is 78.1 Å². The van der Waals surface area contributed by atoms with Crippen molar-refractivity contribution >= 4 is 0 Å². The molecule has 0 heterocycles. The molecule has 2 saturated carbocycles. The Morgan fingerprint density at radius 1 is 1.10 bits per heavy atom. The smallest absolute Gasteiger partial charge is 0.0834 e. The summed E-state index contributed by atoms with van der Waals surface area (Å²) >= 11 is 0. The topological polar surface area (TPSA) is 21.3 Å². The van der Waals surface area contributed by atoms with Gasteiger partial charge in [-0.3, -0.25) is 0 Å². The van der Waals surface area contributed by atoms with Crippen LogP contribution < -0.4 is 5.32 Å². The van der Waals surface area contributed by atoms with Gasteiger partial charge < -0.3 is 10.1 Å². The molecule has 2 rings (SSSR count). The quantitative estimate of drug-likeness (QED) is 0.772. The third kappa shape index (κ3) is 3.98. The molecule has 2 aliphatic carbocycles. The average molecular weight is 281 g/mol. The van der Waals surface area contributed by atoms with Crippen molar-refractivity contribution in [3.8, 4) is 0 Å². The van der Waals surface area contributed by atoms with Crippen LogP contribution in [-0.2, 0) is 4.74 Å². The number of hydrogen-bond donors (Lipinski definition) is 1. The summed E-state index contributed by atoms with van der Waals surface area (Å²) in [6, 6.07) is 0.554. The highest BCUT2D eigenvalue weighted by molar-refractivity contribution is 4.97. The first-order valence-corrected chi connectivity index (χ1v) is 9.01. The Labute approximate surface area is 126 Å². The molecule has 0 aliphatic heterocycles. The van der Waals surface area contributed by atoms with Gasteiger partial charge in [-0.05, 0) is 57.9 Å². The van der Waals surface area contributed by atoms with Crippen molar-refractivity contribution in [2.45, 2.75) is 89.7 Å². The Kier molecular flexibility index (Phi) is 6.35. The van der Waals surface area contributed by atoms with Crippen molar-refractivity contribution < 1.29 is 4.74 Å². The fourth-order valence-corrected chi connectivity index (χ4v) is 4.48. The first-order valence-electron chi connectivity index (χ1n) is 9.01. The van der Waals surface area contributed by atoms with Gasteiger partial charge in [-0.1, -0.05) is 39.0 Å². The highest BCUT2D eigenvalue weighted by Crippen LogP contribution is 2.40. The van der Waals surface area contributed by atoms with E-state index in [0.717, 1.165) is 18.4 Å². The molecule has 2 heteroatoms. The normalized spacial score (nSPS) is 34.0. The predicted octanol–water partition coefficient (Wildman–Crippen LogP) is 4.53. The van der Waals surface area contributed by atoms with Gasteiger partial charge in [-0.2, -0.15) is 0 Å². The lowest BCUT2D eigenvalue weighted by Crippen LogP contribution is -2.54. The molecule has 0 saturated heterocycles. The van der Waals surface area contributed by atoms with Crippen LogP contribution in [0.4, 0.5) is 0 Å².